The van der Waals surface area contributed by atoms with E-state index in [4.69, 9.17) is 0 Å². The van der Waals surface area contributed by atoms with Crippen LogP contribution in [0.4, 0.5) is 4.79 Å². The van der Waals surface area contributed by atoms with Crippen LogP contribution in [-0.4, -0.2) is 40.8 Å². The van der Waals surface area contributed by atoms with Crippen LogP contribution in [0, 0.1) is 5.92 Å². The molecule has 0 unspecified atom stereocenters. The van der Waals surface area contributed by atoms with Gasteiger partial charge in [-0.3, -0.25) is 19.8 Å². The second-order valence-electron chi connectivity index (χ2n) is 6.89. The van der Waals surface area contributed by atoms with Gasteiger partial charge in [-0.1, -0.05) is 49.2 Å². The van der Waals surface area contributed by atoms with Gasteiger partial charge in [0.15, 0.2) is 5.92 Å². The lowest BCUT2D eigenvalue weighted by Gasteiger charge is -2.33. The highest BCUT2D eigenvalue weighted by Gasteiger charge is 2.42. The summed E-state index contributed by atoms with van der Waals surface area (Å²) in [6.07, 6.45) is 6.27. The summed E-state index contributed by atoms with van der Waals surface area (Å²) in [5, 5.41) is 4.38. The molecule has 144 valence electrons. The monoisotopic (exact) mass is 370 g/mol. The van der Waals surface area contributed by atoms with E-state index in [1.807, 2.05) is 30.3 Å². The van der Waals surface area contributed by atoms with Gasteiger partial charge in [0.25, 0.3) is 0 Å². The SMILES string of the molecule is C/C=C(/NN1CCCCCC1)[C@H]1C(=O)NC(=O)N(Cc2ccccc2)C1=O. The zero-order valence-corrected chi connectivity index (χ0v) is 15.6. The number of hydrogen-bond acceptors (Lipinski definition) is 5. The zero-order chi connectivity index (χ0) is 19.2. The molecule has 0 saturated carbocycles. The maximum atomic E-state index is 13.0. The molecule has 4 amide bonds. The van der Waals surface area contributed by atoms with Gasteiger partial charge < -0.3 is 5.43 Å². The summed E-state index contributed by atoms with van der Waals surface area (Å²) < 4.78 is 0. The van der Waals surface area contributed by atoms with Gasteiger partial charge >= 0.3 is 6.03 Å². The normalized spacial score (nSPS) is 22.4. The number of hydrogen-bond donors (Lipinski definition) is 2. The molecule has 1 atom stereocenters. The van der Waals surface area contributed by atoms with E-state index in [2.05, 4.69) is 15.8 Å². The van der Waals surface area contributed by atoms with Gasteiger partial charge in [0.05, 0.1) is 6.54 Å². The van der Waals surface area contributed by atoms with Crippen molar-refractivity contribution in [2.24, 2.45) is 5.92 Å². The minimum atomic E-state index is -1.04. The number of amides is 4. The number of carbonyl (C=O) groups excluding carboxylic acids is 3. The van der Waals surface area contributed by atoms with Gasteiger partial charge in [-0.05, 0) is 25.3 Å². The second-order valence-corrected chi connectivity index (χ2v) is 6.89. The van der Waals surface area contributed by atoms with Crippen molar-refractivity contribution in [1.29, 1.82) is 0 Å². The molecule has 7 nitrogen and oxygen atoms in total. The van der Waals surface area contributed by atoms with E-state index in [-0.39, 0.29) is 6.54 Å². The van der Waals surface area contributed by atoms with Gasteiger partial charge in [-0.25, -0.2) is 9.80 Å². The molecule has 1 aromatic carbocycles. The largest absolute Gasteiger partial charge is 0.331 e. The van der Waals surface area contributed by atoms with Gasteiger partial charge in [-0.15, -0.1) is 0 Å². The lowest BCUT2D eigenvalue weighted by atomic mass is 10.00. The lowest BCUT2D eigenvalue weighted by molar-refractivity contribution is -0.141. The van der Waals surface area contributed by atoms with Crippen LogP contribution in [0.1, 0.15) is 38.2 Å². The number of carbonyl (C=O) groups is 3. The summed E-state index contributed by atoms with van der Waals surface area (Å²) in [5.74, 6) is -2.12. The van der Waals surface area contributed by atoms with Crippen LogP contribution in [0.2, 0.25) is 0 Å². The molecular formula is C20H26N4O3. The van der Waals surface area contributed by atoms with E-state index in [1.54, 1.807) is 13.0 Å². The quantitative estimate of drug-likeness (QED) is 0.777. The number of rotatable bonds is 5. The van der Waals surface area contributed by atoms with Crippen LogP contribution in [0.15, 0.2) is 42.1 Å². The molecule has 0 spiro atoms. The van der Waals surface area contributed by atoms with Crippen LogP contribution in [-0.2, 0) is 16.1 Å². The van der Waals surface area contributed by atoms with Crippen LogP contribution in [0.5, 0.6) is 0 Å². The topological polar surface area (TPSA) is 81.8 Å². The maximum Gasteiger partial charge on any atom is 0.331 e. The highest BCUT2D eigenvalue weighted by Crippen LogP contribution is 2.20. The molecule has 27 heavy (non-hydrogen) atoms. The molecule has 2 fully saturated rings. The molecule has 0 bridgehead atoms. The Hall–Kier alpha value is -2.67. The summed E-state index contributed by atoms with van der Waals surface area (Å²) in [6.45, 7) is 3.66. The van der Waals surface area contributed by atoms with E-state index in [9.17, 15) is 14.4 Å². The second kappa shape index (κ2) is 8.81. The third-order valence-corrected chi connectivity index (χ3v) is 4.95. The predicted octanol–water partition coefficient (Wildman–Crippen LogP) is 2.17. The van der Waals surface area contributed by atoms with Gasteiger partial charge in [-0.2, -0.15) is 0 Å². The fourth-order valence-electron chi connectivity index (χ4n) is 3.46. The third-order valence-electron chi connectivity index (χ3n) is 4.95. The van der Waals surface area contributed by atoms with Crippen molar-refractivity contribution in [3.8, 4) is 0 Å². The average molecular weight is 370 g/mol. The highest BCUT2D eigenvalue weighted by molar-refractivity contribution is 6.17. The van der Waals surface area contributed by atoms with Gasteiger partial charge in [0.1, 0.15) is 0 Å². The highest BCUT2D eigenvalue weighted by atomic mass is 16.2. The molecule has 2 N–H and O–H groups in total. The van der Waals surface area contributed by atoms with Crippen molar-refractivity contribution in [2.45, 2.75) is 39.2 Å². The first kappa shape index (κ1) is 19.1. The molecule has 0 radical (unpaired) electrons. The van der Waals surface area contributed by atoms with Gasteiger partial charge in [0.2, 0.25) is 11.8 Å². The number of hydrazine groups is 1. The van der Waals surface area contributed by atoms with Crippen LogP contribution >= 0.6 is 0 Å². The first-order valence-corrected chi connectivity index (χ1v) is 9.48. The molecule has 1 aromatic rings. The van der Waals surface area contributed by atoms with E-state index in [0.717, 1.165) is 36.4 Å². The Labute approximate surface area is 159 Å². The molecule has 2 saturated heterocycles. The number of urea groups is 1. The number of allylic oxidation sites excluding steroid dienone is 1. The zero-order valence-electron chi connectivity index (χ0n) is 15.6. The van der Waals surface area contributed by atoms with Crippen molar-refractivity contribution >= 4 is 17.8 Å². The number of nitrogens with zero attached hydrogens (tertiary/aromatic N) is 2. The molecule has 2 aliphatic heterocycles. The fourth-order valence-corrected chi connectivity index (χ4v) is 3.46. The molecule has 0 aromatic heterocycles. The van der Waals surface area contributed by atoms with Crippen molar-refractivity contribution in [1.82, 2.24) is 20.7 Å². The lowest BCUT2D eigenvalue weighted by Crippen LogP contribution is -2.59. The number of imide groups is 2. The van der Waals surface area contributed by atoms with Crippen LogP contribution in [0.3, 0.4) is 0 Å². The molecule has 2 aliphatic rings. The Balaban J connectivity index is 1.76. The maximum absolute atomic E-state index is 13.0. The Morgan fingerprint density at radius 3 is 2.41 bits per heavy atom. The van der Waals surface area contributed by atoms with Crippen molar-refractivity contribution in [3.63, 3.8) is 0 Å². The number of nitrogens with one attached hydrogen (secondary N) is 2. The standard InChI is InChI=1S/C20H26N4O3/c1-2-16(22-23-12-8-3-4-9-13-23)17-18(25)21-20(27)24(19(17)26)14-15-10-6-5-7-11-15/h2,5-7,10-11,17,22H,3-4,8-9,12-14H2,1H3,(H,21,25,27)/b16-2+/t17-/m0/s1. The molecule has 0 aliphatic carbocycles. The van der Waals surface area contributed by atoms with E-state index in [0.29, 0.717) is 5.70 Å². The average Bonchev–Trinajstić information content (AvgIpc) is 2.93. The minimum absolute atomic E-state index is 0.135. The predicted molar refractivity (Wildman–Crippen MR) is 101 cm³/mol. The van der Waals surface area contributed by atoms with E-state index >= 15 is 0 Å². The summed E-state index contributed by atoms with van der Waals surface area (Å²) in [6, 6.07) is 8.59. The van der Waals surface area contributed by atoms with Crippen molar-refractivity contribution in [2.75, 3.05) is 13.1 Å². The first-order valence-electron chi connectivity index (χ1n) is 9.48. The molecule has 3 rings (SSSR count). The Morgan fingerprint density at radius 1 is 1.11 bits per heavy atom. The van der Waals surface area contributed by atoms with Gasteiger partial charge in [0, 0.05) is 18.8 Å². The van der Waals surface area contributed by atoms with Crippen molar-refractivity contribution < 1.29 is 14.4 Å². The summed E-state index contributed by atoms with van der Waals surface area (Å²) in [5.41, 5.74) is 4.60. The smallest absolute Gasteiger partial charge is 0.322 e. The molecule has 2 heterocycles. The third kappa shape index (κ3) is 4.54. The van der Waals surface area contributed by atoms with Crippen LogP contribution in [0.25, 0.3) is 0 Å². The number of barbiturate groups is 1. The summed E-state index contributed by atoms with van der Waals surface area (Å²) in [7, 11) is 0. The minimum Gasteiger partial charge on any atom is -0.322 e. The Kier molecular flexibility index (Phi) is 6.24. The molecule has 7 heteroatoms. The van der Waals surface area contributed by atoms with E-state index < -0.39 is 23.8 Å². The summed E-state index contributed by atoms with van der Waals surface area (Å²) >= 11 is 0. The Bertz CT molecular complexity index is 724. The van der Waals surface area contributed by atoms with E-state index in [1.165, 1.54) is 12.8 Å². The van der Waals surface area contributed by atoms with Crippen LogP contribution < -0.4 is 10.7 Å². The Morgan fingerprint density at radius 2 is 1.78 bits per heavy atom. The summed E-state index contributed by atoms with van der Waals surface area (Å²) in [4.78, 5) is 38.8. The fraction of sp³-hybridized carbons (Fsp3) is 0.450. The first-order chi connectivity index (χ1) is 13.1. The molecular weight excluding hydrogens is 344 g/mol. The van der Waals surface area contributed by atoms with Crippen molar-refractivity contribution in [3.05, 3.63) is 47.7 Å². The number of benzene rings is 1.